The smallest absolute Gasteiger partial charge is 0.408 e. The van der Waals surface area contributed by atoms with E-state index in [-0.39, 0.29) is 6.61 Å². The molecule has 0 spiro atoms. The Morgan fingerprint density at radius 2 is 1.14 bits per heavy atom. The summed E-state index contributed by atoms with van der Waals surface area (Å²) in [5.74, 6) is -7.68. The zero-order valence-corrected chi connectivity index (χ0v) is 19.5. The Morgan fingerprint density at radius 3 is 1.54 bits per heavy atom. The third-order valence-electron chi connectivity index (χ3n) is 4.45. The lowest BCUT2D eigenvalue weighted by Crippen LogP contribution is -2.67. The average Bonchev–Trinajstić information content (AvgIpc) is 2.89. The molecule has 11 nitrogen and oxygen atoms in total. The van der Waals surface area contributed by atoms with Crippen molar-refractivity contribution in [1.82, 2.24) is 21.3 Å². The van der Waals surface area contributed by atoms with Crippen LogP contribution in [0.3, 0.4) is 0 Å². The molecule has 1 rings (SSSR count). The minimum Gasteiger partial charge on any atom is -0.480 e. The summed E-state index contributed by atoms with van der Waals surface area (Å²) >= 11 is 0. The quantitative estimate of drug-likeness (QED) is 0.322. The summed E-state index contributed by atoms with van der Waals surface area (Å²) in [7, 11) is 0. The topological polar surface area (TPSA) is 163 Å². The maximum absolute atomic E-state index is 13.6. The summed E-state index contributed by atoms with van der Waals surface area (Å²) in [6, 6.07) is 8.06. The Bertz CT molecular complexity index is 1370. The molecule has 0 unspecified atom stereocenters. The van der Waals surface area contributed by atoms with Crippen LogP contribution >= 0.6 is 0 Å². The number of rotatable bonds is 10. The van der Waals surface area contributed by atoms with Crippen LogP contribution in [-0.4, -0.2) is 57.0 Å². The molecular weight excluding hydrogens is 456 g/mol. The summed E-state index contributed by atoms with van der Waals surface area (Å²) in [4.78, 5) is 64.6. The molecule has 0 bridgehead atoms. The number of carbonyl (C=O) groups excluding carboxylic acids is 4. The van der Waals surface area contributed by atoms with Crippen LogP contribution in [0.25, 0.3) is 0 Å². The van der Waals surface area contributed by atoms with E-state index in [0.29, 0.717) is 33.3 Å². The number of benzene rings is 1. The molecule has 0 fully saturated rings. The van der Waals surface area contributed by atoms with Gasteiger partial charge < -0.3 is 31.1 Å². The van der Waals surface area contributed by atoms with E-state index in [1.807, 2.05) is 5.32 Å². The molecule has 0 aliphatic heterocycles. The van der Waals surface area contributed by atoms with Gasteiger partial charge in [0.2, 0.25) is 17.7 Å². The molecule has 4 atom stereocenters. The predicted octanol–water partition coefficient (Wildman–Crippen LogP) is 1.46. The number of aliphatic carboxylic acids is 1. The summed E-state index contributed by atoms with van der Waals surface area (Å²) in [6.07, 6.45) is -1.43. The van der Waals surface area contributed by atoms with E-state index in [4.69, 9.17) is 21.2 Å². The highest BCUT2D eigenvalue weighted by Crippen LogP contribution is 2.13. The average molecular weight is 505 g/mol. The molecule has 0 saturated heterocycles. The van der Waals surface area contributed by atoms with Crippen LogP contribution in [0.4, 0.5) is 4.79 Å². The van der Waals surface area contributed by atoms with Crippen molar-refractivity contribution in [2.75, 3.05) is 0 Å². The Morgan fingerprint density at radius 1 is 0.743 bits per heavy atom. The van der Waals surface area contributed by atoms with Gasteiger partial charge in [-0.2, -0.15) is 0 Å². The lowest BCUT2D eigenvalue weighted by molar-refractivity contribution is -0.147. The summed E-state index contributed by atoms with van der Waals surface area (Å²) < 4.78 is 98.4. The van der Waals surface area contributed by atoms with E-state index < -0.39 is 79.3 Å². The van der Waals surface area contributed by atoms with Gasteiger partial charge in [-0.3, -0.25) is 14.4 Å². The molecule has 194 valence electrons. The Kier molecular flexibility index (Phi) is 4.72. The first-order valence-electron chi connectivity index (χ1n) is 16.0. The van der Waals surface area contributed by atoms with Crippen LogP contribution in [0.15, 0.2) is 30.3 Å². The second kappa shape index (κ2) is 10.7. The fourth-order valence-electron chi connectivity index (χ4n) is 2.24. The molecule has 4 amide bonds. The summed E-state index contributed by atoms with van der Waals surface area (Å²) in [5.41, 5.74) is -12.1. The van der Waals surface area contributed by atoms with Gasteiger partial charge in [-0.15, -0.1) is 0 Å². The molecule has 11 heteroatoms. The minimum absolute atomic E-state index is 0.362. The molecule has 5 N–H and O–H groups in total. The molecular formula is C24H36N4O7. The first-order valence-corrected chi connectivity index (χ1v) is 10.0. The number of carboxylic acid groups (broad SMARTS) is 1. The molecule has 0 saturated carbocycles. The van der Waals surface area contributed by atoms with Gasteiger partial charge >= 0.3 is 12.1 Å². The summed E-state index contributed by atoms with van der Waals surface area (Å²) in [5, 5.41) is 16.3. The Hall–Kier alpha value is -3.63. The van der Waals surface area contributed by atoms with E-state index in [0.717, 1.165) is 0 Å². The maximum atomic E-state index is 13.6. The molecule has 0 aromatic heterocycles. The van der Waals surface area contributed by atoms with Gasteiger partial charge in [-0.1, -0.05) is 30.3 Å². The number of nitrogens with one attached hydrogen (secondary N) is 4. The van der Waals surface area contributed by atoms with Crippen molar-refractivity contribution in [3.63, 3.8) is 0 Å². The zero-order chi connectivity index (χ0) is 37.2. The van der Waals surface area contributed by atoms with E-state index in [1.165, 1.54) is 0 Å². The highest BCUT2D eigenvalue weighted by atomic mass is 16.5. The third kappa shape index (κ3) is 8.58. The Balaban J connectivity index is 3.54. The number of alkyl carbamates (subject to hydrolysis) is 1. The zero-order valence-electron chi connectivity index (χ0n) is 31.5. The fraction of sp³-hybridized carbons (Fsp3) is 0.542. The molecule has 0 radical (unpaired) electrons. The van der Waals surface area contributed by atoms with E-state index in [1.54, 1.807) is 46.3 Å². The van der Waals surface area contributed by atoms with Gasteiger partial charge in [0.15, 0.2) is 0 Å². The van der Waals surface area contributed by atoms with Crippen molar-refractivity contribution >= 4 is 29.8 Å². The largest absolute Gasteiger partial charge is 0.480 e. The molecule has 0 aliphatic carbocycles. The number of carboxylic acids is 1. The van der Waals surface area contributed by atoms with Gasteiger partial charge in [0.05, 0.1) is 0 Å². The molecule has 0 heterocycles. The first-order chi connectivity index (χ1) is 20.8. The first kappa shape index (κ1) is 15.4. The van der Waals surface area contributed by atoms with Gasteiger partial charge in [-0.25, -0.2) is 9.59 Å². The Labute approximate surface area is 222 Å². The number of carbonyl (C=O) groups is 5. The van der Waals surface area contributed by atoms with Crippen LogP contribution in [0.2, 0.25) is 0 Å². The van der Waals surface area contributed by atoms with Crippen molar-refractivity contribution in [2.24, 2.45) is 0 Å². The van der Waals surface area contributed by atoms with Gasteiger partial charge in [0.1, 0.15) is 28.8 Å². The number of ether oxygens (including phenoxy) is 1. The van der Waals surface area contributed by atoms with Crippen molar-refractivity contribution in [3.8, 4) is 0 Å². The molecule has 35 heavy (non-hydrogen) atoms. The van der Waals surface area contributed by atoms with Crippen LogP contribution in [0, 0.1) is 0 Å². The van der Waals surface area contributed by atoms with Gasteiger partial charge in [0.25, 0.3) is 0 Å². The minimum atomic E-state index is -3.61. The number of hydrogen-bond donors (Lipinski definition) is 5. The van der Waals surface area contributed by atoms with Gasteiger partial charge in [-0.05, 0) is 60.7 Å². The molecule has 0 aliphatic rings. The van der Waals surface area contributed by atoms with Crippen LogP contribution in [-0.2, 0) is 30.5 Å². The molecule has 1 aromatic rings. The maximum Gasteiger partial charge on any atom is 0.408 e. The normalized spacial score (nSPS) is 24.2. The van der Waals surface area contributed by atoms with Crippen LogP contribution in [0.1, 0.15) is 77.1 Å². The number of hydrogen-bond acceptors (Lipinski definition) is 6. The van der Waals surface area contributed by atoms with Gasteiger partial charge in [0, 0.05) is 16.4 Å². The second-order valence-electron chi connectivity index (χ2n) is 8.35. The lowest BCUT2D eigenvalue weighted by atomic mass is 9.95. The van der Waals surface area contributed by atoms with Crippen molar-refractivity contribution in [2.45, 2.75) is 83.9 Å². The van der Waals surface area contributed by atoms with Crippen molar-refractivity contribution in [3.05, 3.63) is 35.9 Å². The monoisotopic (exact) mass is 504 g/mol. The number of amides is 4. The second-order valence-corrected chi connectivity index (χ2v) is 8.35. The predicted molar refractivity (Wildman–Crippen MR) is 128 cm³/mol. The van der Waals surface area contributed by atoms with E-state index in [2.05, 4.69) is 0 Å². The fourth-order valence-corrected chi connectivity index (χ4v) is 2.24. The standard InChI is InChI=1S/C24H36N4O7/c1-21(2,16(29)25-22(3,4)17(30)27-24(7,8)19(32)33)26-18(31)23(5,6)28-20(34)35-14-15-12-10-9-11-13-15/h9-13H,14H2,1-8H3,(H,25,29)(H,26,31)(H,27,30)(H,28,34)(H,32,33)/i1D3,3D3,5D3,7D3/t21-,22-,23-,24-/m1/s1. The van der Waals surface area contributed by atoms with E-state index >= 15 is 0 Å². The summed E-state index contributed by atoms with van der Waals surface area (Å²) in [6.45, 7) is -12.2. The lowest BCUT2D eigenvalue weighted by Gasteiger charge is -2.35. The third-order valence-corrected chi connectivity index (χ3v) is 4.45. The van der Waals surface area contributed by atoms with Crippen LogP contribution < -0.4 is 21.3 Å². The highest BCUT2D eigenvalue weighted by Gasteiger charge is 2.42. The molecule has 1 aromatic carbocycles. The highest BCUT2D eigenvalue weighted by molar-refractivity contribution is 5.99. The van der Waals surface area contributed by atoms with Crippen LogP contribution in [0.5, 0.6) is 0 Å². The van der Waals surface area contributed by atoms with Crippen molar-refractivity contribution < 1.29 is 50.3 Å². The van der Waals surface area contributed by atoms with Crippen molar-refractivity contribution in [1.29, 1.82) is 0 Å². The SMILES string of the molecule is [2H]C([2H])([2H])[C@](C)(NC(=O)[C@@](C)(NC(=O)[C@@](C)(NC(=O)[C@@](C)(NC(=O)OCc1ccccc1)C([2H])([2H])[2H])C([2H])([2H])[2H])C([2H])([2H])[2H])C(=O)O. The van der Waals surface area contributed by atoms with E-state index in [9.17, 15) is 29.1 Å².